The molecule has 0 radical (unpaired) electrons. The lowest BCUT2D eigenvalue weighted by Gasteiger charge is -1.96. The molecular weight excluding hydrogens is 164 g/mol. The molecule has 0 unspecified atom stereocenters. The summed E-state index contributed by atoms with van der Waals surface area (Å²) in [7, 11) is 0. The maximum Gasteiger partial charge on any atom is 0.180 e. The van der Waals surface area contributed by atoms with Crippen molar-refractivity contribution in [1.82, 2.24) is 10.2 Å². The molecule has 0 bridgehead atoms. The molecule has 0 N–H and O–H groups in total. The number of nitrogens with zero attached hydrogens (tertiary/aromatic N) is 2. The van der Waals surface area contributed by atoms with Crippen molar-refractivity contribution >= 4 is 16.7 Å². The van der Waals surface area contributed by atoms with E-state index in [1.165, 1.54) is 6.92 Å². The van der Waals surface area contributed by atoms with Gasteiger partial charge in [-0.2, -0.15) is 0 Å². The summed E-state index contributed by atoms with van der Waals surface area (Å²) in [5.74, 6) is -0.0572. The zero-order valence-corrected chi connectivity index (χ0v) is 7.19. The van der Waals surface area contributed by atoms with Gasteiger partial charge in [-0.15, -0.1) is 10.2 Å². The third-order valence-electron chi connectivity index (χ3n) is 1.86. The van der Waals surface area contributed by atoms with E-state index in [9.17, 15) is 4.79 Å². The van der Waals surface area contributed by atoms with Gasteiger partial charge in [-0.1, -0.05) is 18.2 Å². The Kier molecular flexibility index (Phi) is 1.77. The number of fused-ring (bicyclic) bond motifs is 1. The number of carbonyl (C=O) groups is 1. The van der Waals surface area contributed by atoms with Crippen LogP contribution in [0.25, 0.3) is 10.9 Å². The molecule has 2 rings (SSSR count). The third-order valence-corrected chi connectivity index (χ3v) is 1.86. The summed E-state index contributed by atoms with van der Waals surface area (Å²) in [4.78, 5) is 11.0. The van der Waals surface area contributed by atoms with Crippen molar-refractivity contribution in [3.63, 3.8) is 0 Å². The summed E-state index contributed by atoms with van der Waals surface area (Å²) in [5, 5.41) is 8.69. The van der Waals surface area contributed by atoms with Gasteiger partial charge in [0.15, 0.2) is 5.78 Å². The van der Waals surface area contributed by atoms with Crippen LogP contribution in [0.3, 0.4) is 0 Å². The zero-order valence-electron chi connectivity index (χ0n) is 7.19. The SMILES string of the molecule is CC(=O)c1cc2ccccc2nn1. The predicted octanol–water partition coefficient (Wildman–Crippen LogP) is 1.83. The molecule has 0 aliphatic heterocycles. The van der Waals surface area contributed by atoms with Crippen molar-refractivity contribution in [2.24, 2.45) is 0 Å². The maximum absolute atomic E-state index is 11.0. The summed E-state index contributed by atoms with van der Waals surface area (Å²) in [6, 6.07) is 9.34. The molecule has 0 saturated heterocycles. The second-order valence-corrected chi connectivity index (χ2v) is 2.84. The summed E-state index contributed by atoms with van der Waals surface area (Å²) >= 11 is 0. The Labute approximate surface area is 75.4 Å². The normalized spacial score (nSPS) is 10.2. The number of rotatable bonds is 1. The van der Waals surface area contributed by atoms with E-state index in [1.807, 2.05) is 24.3 Å². The average molecular weight is 172 g/mol. The van der Waals surface area contributed by atoms with Gasteiger partial charge in [-0.25, -0.2) is 0 Å². The van der Waals surface area contributed by atoms with Crippen molar-refractivity contribution in [2.75, 3.05) is 0 Å². The summed E-state index contributed by atoms with van der Waals surface area (Å²) in [6.07, 6.45) is 0. The highest BCUT2D eigenvalue weighted by Crippen LogP contribution is 2.10. The van der Waals surface area contributed by atoms with E-state index in [1.54, 1.807) is 6.07 Å². The van der Waals surface area contributed by atoms with Crippen LogP contribution in [0.1, 0.15) is 17.4 Å². The standard InChI is InChI=1S/C10H8N2O/c1-7(13)10-6-8-4-2-3-5-9(8)11-12-10/h2-6H,1H3. The first-order valence-electron chi connectivity index (χ1n) is 4.01. The molecule has 1 aromatic carbocycles. The van der Waals surface area contributed by atoms with E-state index in [-0.39, 0.29) is 5.78 Å². The number of hydrogen-bond donors (Lipinski definition) is 0. The van der Waals surface area contributed by atoms with E-state index in [0.717, 1.165) is 10.9 Å². The highest BCUT2D eigenvalue weighted by Gasteiger charge is 2.02. The topological polar surface area (TPSA) is 42.9 Å². The van der Waals surface area contributed by atoms with Gasteiger partial charge in [0.25, 0.3) is 0 Å². The van der Waals surface area contributed by atoms with Gasteiger partial charge >= 0.3 is 0 Å². The Morgan fingerprint density at radius 1 is 1.23 bits per heavy atom. The molecule has 0 saturated carbocycles. The van der Waals surface area contributed by atoms with E-state index in [0.29, 0.717) is 5.69 Å². The van der Waals surface area contributed by atoms with Gasteiger partial charge in [0.05, 0.1) is 5.52 Å². The van der Waals surface area contributed by atoms with Crippen LogP contribution in [-0.2, 0) is 0 Å². The second kappa shape index (κ2) is 2.94. The molecule has 0 spiro atoms. The predicted molar refractivity (Wildman–Crippen MR) is 49.5 cm³/mol. The maximum atomic E-state index is 11.0. The van der Waals surface area contributed by atoms with Gasteiger partial charge in [-0.05, 0) is 12.1 Å². The highest BCUT2D eigenvalue weighted by molar-refractivity contribution is 5.95. The number of hydrogen-bond acceptors (Lipinski definition) is 3. The lowest BCUT2D eigenvalue weighted by Crippen LogP contribution is -1.98. The Hall–Kier alpha value is -1.77. The molecule has 13 heavy (non-hydrogen) atoms. The van der Waals surface area contributed by atoms with Crippen molar-refractivity contribution in [3.8, 4) is 0 Å². The number of Topliss-reactive ketones (excluding diaryl/α,β-unsaturated/α-hetero) is 1. The first-order valence-corrected chi connectivity index (χ1v) is 4.01. The second-order valence-electron chi connectivity index (χ2n) is 2.84. The third kappa shape index (κ3) is 1.40. The first kappa shape index (κ1) is 7.86. The highest BCUT2D eigenvalue weighted by atomic mass is 16.1. The Morgan fingerprint density at radius 3 is 2.77 bits per heavy atom. The fraction of sp³-hybridized carbons (Fsp3) is 0.100. The van der Waals surface area contributed by atoms with Crippen molar-refractivity contribution in [3.05, 3.63) is 36.0 Å². The van der Waals surface area contributed by atoms with Crippen LogP contribution in [0.4, 0.5) is 0 Å². The van der Waals surface area contributed by atoms with Crippen LogP contribution in [0.2, 0.25) is 0 Å². The summed E-state index contributed by atoms with van der Waals surface area (Å²) in [5.41, 5.74) is 1.23. The van der Waals surface area contributed by atoms with Crippen LogP contribution >= 0.6 is 0 Å². The first-order chi connectivity index (χ1) is 6.27. The van der Waals surface area contributed by atoms with E-state index in [2.05, 4.69) is 10.2 Å². The molecule has 0 atom stereocenters. The molecule has 0 fully saturated rings. The number of benzene rings is 1. The van der Waals surface area contributed by atoms with Crippen molar-refractivity contribution in [2.45, 2.75) is 6.92 Å². The average Bonchev–Trinajstić information content (AvgIpc) is 2.17. The van der Waals surface area contributed by atoms with Crippen LogP contribution in [0.5, 0.6) is 0 Å². The molecule has 64 valence electrons. The van der Waals surface area contributed by atoms with Crippen molar-refractivity contribution < 1.29 is 4.79 Å². The number of ketones is 1. The van der Waals surface area contributed by atoms with E-state index < -0.39 is 0 Å². The fourth-order valence-electron chi connectivity index (χ4n) is 1.16. The lowest BCUT2D eigenvalue weighted by atomic mass is 10.2. The Morgan fingerprint density at radius 2 is 2.00 bits per heavy atom. The molecular formula is C10H8N2O. The quantitative estimate of drug-likeness (QED) is 0.616. The molecule has 0 aliphatic rings. The van der Waals surface area contributed by atoms with Crippen LogP contribution < -0.4 is 0 Å². The van der Waals surface area contributed by atoms with Gasteiger partial charge in [0.2, 0.25) is 0 Å². The smallest absolute Gasteiger partial charge is 0.180 e. The fourth-order valence-corrected chi connectivity index (χ4v) is 1.16. The molecule has 3 nitrogen and oxygen atoms in total. The van der Waals surface area contributed by atoms with E-state index >= 15 is 0 Å². The van der Waals surface area contributed by atoms with E-state index in [4.69, 9.17) is 0 Å². The molecule has 2 aromatic rings. The molecule has 3 heteroatoms. The van der Waals surface area contributed by atoms with Crippen molar-refractivity contribution in [1.29, 1.82) is 0 Å². The van der Waals surface area contributed by atoms with Crippen LogP contribution in [0, 0.1) is 0 Å². The number of aromatic nitrogens is 2. The summed E-state index contributed by atoms with van der Waals surface area (Å²) < 4.78 is 0. The van der Waals surface area contributed by atoms with Gasteiger partial charge in [0.1, 0.15) is 5.69 Å². The Bertz CT molecular complexity index is 465. The van der Waals surface area contributed by atoms with Crippen LogP contribution in [-0.4, -0.2) is 16.0 Å². The van der Waals surface area contributed by atoms with Crippen LogP contribution in [0.15, 0.2) is 30.3 Å². The van der Waals surface area contributed by atoms with Gasteiger partial charge in [0, 0.05) is 12.3 Å². The Balaban J connectivity index is 2.69. The minimum Gasteiger partial charge on any atom is -0.293 e. The molecule has 0 aliphatic carbocycles. The van der Waals surface area contributed by atoms with Gasteiger partial charge < -0.3 is 0 Å². The molecule has 1 aromatic heterocycles. The minimum atomic E-state index is -0.0572. The molecule has 1 heterocycles. The van der Waals surface area contributed by atoms with Gasteiger partial charge in [-0.3, -0.25) is 4.79 Å². The monoisotopic (exact) mass is 172 g/mol. The largest absolute Gasteiger partial charge is 0.293 e. The number of carbonyl (C=O) groups excluding carboxylic acids is 1. The lowest BCUT2D eigenvalue weighted by molar-refractivity contribution is 0.101. The summed E-state index contributed by atoms with van der Waals surface area (Å²) in [6.45, 7) is 1.48. The zero-order chi connectivity index (χ0) is 9.26. The minimum absolute atomic E-state index is 0.0572. The molecule has 0 amide bonds.